The van der Waals surface area contributed by atoms with Crippen molar-refractivity contribution in [1.82, 2.24) is 10.2 Å². The fraction of sp³-hybridized carbons (Fsp3) is 0.667. The van der Waals surface area contributed by atoms with Gasteiger partial charge in [0.25, 0.3) is 0 Å². The van der Waals surface area contributed by atoms with Crippen LogP contribution in [-0.2, 0) is 4.74 Å². The van der Waals surface area contributed by atoms with Crippen molar-refractivity contribution in [3.63, 3.8) is 0 Å². The number of ether oxygens (including phenoxy) is 1. The zero-order valence-corrected chi connectivity index (χ0v) is 13.2. The van der Waals surface area contributed by atoms with E-state index in [0.717, 1.165) is 26.3 Å². The maximum absolute atomic E-state index is 5.61. The molecule has 2 aliphatic rings. The van der Waals surface area contributed by atoms with Crippen LogP contribution in [0.2, 0.25) is 0 Å². The Balaban J connectivity index is 1.72. The Labute approximate surface area is 128 Å². The molecule has 1 saturated carbocycles. The summed E-state index contributed by atoms with van der Waals surface area (Å²) in [4.78, 5) is 2.65. The lowest BCUT2D eigenvalue weighted by molar-refractivity contribution is 0.0441. The van der Waals surface area contributed by atoms with Crippen molar-refractivity contribution < 1.29 is 4.74 Å². The standard InChI is InChI=1S/C18H28N2O/c1-2-21-13-12-20-15-18(10-6-7-11-18)19-14-17(20)16-8-4-3-5-9-16/h3-5,8-9,17,19H,2,6-7,10-15H2,1H3. The Morgan fingerprint density at radius 1 is 1.24 bits per heavy atom. The van der Waals surface area contributed by atoms with E-state index in [2.05, 4.69) is 47.5 Å². The summed E-state index contributed by atoms with van der Waals surface area (Å²) in [5.41, 5.74) is 1.80. The second-order valence-electron chi connectivity index (χ2n) is 6.46. The van der Waals surface area contributed by atoms with Crippen LogP contribution in [0.1, 0.15) is 44.2 Å². The predicted octanol–water partition coefficient (Wildman–Crippen LogP) is 2.98. The summed E-state index contributed by atoms with van der Waals surface area (Å²) < 4.78 is 5.61. The summed E-state index contributed by atoms with van der Waals surface area (Å²) >= 11 is 0. The Morgan fingerprint density at radius 2 is 2.00 bits per heavy atom. The van der Waals surface area contributed by atoms with E-state index >= 15 is 0 Å². The molecule has 0 aromatic heterocycles. The molecule has 21 heavy (non-hydrogen) atoms. The van der Waals surface area contributed by atoms with E-state index in [9.17, 15) is 0 Å². The second-order valence-corrected chi connectivity index (χ2v) is 6.46. The molecule has 1 unspecified atom stereocenters. The molecule has 1 atom stereocenters. The largest absolute Gasteiger partial charge is 0.380 e. The minimum Gasteiger partial charge on any atom is -0.380 e. The number of rotatable bonds is 5. The molecule has 3 nitrogen and oxygen atoms in total. The molecule has 3 rings (SSSR count). The van der Waals surface area contributed by atoms with Gasteiger partial charge in [-0.1, -0.05) is 43.2 Å². The van der Waals surface area contributed by atoms with Crippen LogP contribution in [-0.4, -0.2) is 43.3 Å². The van der Waals surface area contributed by atoms with Crippen LogP contribution < -0.4 is 5.32 Å². The maximum Gasteiger partial charge on any atom is 0.0593 e. The van der Waals surface area contributed by atoms with E-state index < -0.39 is 0 Å². The Bertz CT molecular complexity index is 428. The van der Waals surface area contributed by atoms with Crippen molar-refractivity contribution in [1.29, 1.82) is 0 Å². The zero-order chi connectivity index (χ0) is 14.5. The van der Waals surface area contributed by atoms with Gasteiger partial charge in [-0.25, -0.2) is 0 Å². The van der Waals surface area contributed by atoms with Gasteiger partial charge in [-0.2, -0.15) is 0 Å². The summed E-state index contributed by atoms with van der Waals surface area (Å²) in [7, 11) is 0. The van der Waals surface area contributed by atoms with Crippen LogP contribution in [0.15, 0.2) is 30.3 Å². The Morgan fingerprint density at radius 3 is 2.71 bits per heavy atom. The molecular weight excluding hydrogens is 260 g/mol. The van der Waals surface area contributed by atoms with Gasteiger partial charge in [0.1, 0.15) is 0 Å². The van der Waals surface area contributed by atoms with Crippen molar-refractivity contribution in [2.24, 2.45) is 0 Å². The lowest BCUT2D eigenvalue weighted by atomic mass is 9.90. The number of piperazine rings is 1. The third kappa shape index (κ3) is 3.47. The molecule has 2 fully saturated rings. The average Bonchev–Trinajstić information content (AvgIpc) is 2.97. The summed E-state index contributed by atoms with van der Waals surface area (Å²) in [6.07, 6.45) is 5.42. The molecule has 0 radical (unpaired) electrons. The van der Waals surface area contributed by atoms with E-state index in [1.165, 1.54) is 37.8 Å². The fourth-order valence-corrected chi connectivity index (χ4v) is 3.95. The first-order valence-electron chi connectivity index (χ1n) is 8.45. The molecule has 1 N–H and O–H groups in total. The minimum atomic E-state index is 0.373. The van der Waals surface area contributed by atoms with Crippen LogP contribution in [0.25, 0.3) is 0 Å². The van der Waals surface area contributed by atoms with Gasteiger partial charge in [0.15, 0.2) is 0 Å². The molecule has 1 aliphatic carbocycles. The first kappa shape index (κ1) is 15.0. The minimum absolute atomic E-state index is 0.373. The van der Waals surface area contributed by atoms with Gasteiger partial charge in [-0.3, -0.25) is 4.90 Å². The third-order valence-corrected chi connectivity index (χ3v) is 5.09. The van der Waals surface area contributed by atoms with E-state index in [1.54, 1.807) is 0 Å². The zero-order valence-electron chi connectivity index (χ0n) is 13.2. The normalized spacial score (nSPS) is 25.5. The molecule has 1 aromatic carbocycles. The van der Waals surface area contributed by atoms with Crippen molar-refractivity contribution in [3.8, 4) is 0 Å². The monoisotopic (exact) mass is 288 g/mol. The lowest BCUT2D eigenvalue weighted by Gasteiger charge is -2.46. The van der Waals surface area contributed by atoms with E-state index in [-0.39, 0.29) is 0 Å². The molecule has 1 heterocycles. The second kappa shape index (κ2) is 6.91. The molecule has 116 valence electrons. The number of nitrogens with one attached hydrogen (secondary N) is 1. The van der Waals surface area contributed by atoms with Crippen molar-refractivity contribution in [2.75, 3.05) is 32.8 Å². The summed E-state index contributed by atoms with van der Waals surface area (Å²) in [6.45, 7) is 7.00. The fourth-order valence-electron chi connectivity index (χ4n) is 3.95. The lowest BCUT2D eigenvalue weighted by Crippen LogP contribution is -2.60. The van der Waals surface area contributed by atoms with Gasteiger partial charge in [0, 0.05) is 37.8 Å². The molecule has 1 aromatic rings. The van der Waals surface area contributed by atoms with Gasteiger partial charge in [-0.15, -0.1) is 0 Å². The molecule has 1 saturated heterocycles. The van der Waals surface area contributed by atoms with Gasteiger partial charge in [0.05, 0.1) is 6.61 Å². The van der Waals surface area contributed by atoms with Crippen molar-refractivity contribution in [2.45, 2.75) is 44.2 Å². The molecule has 0 bridgehead atoms. The van der Waals surface area contributed by atoms with Crippen LogP contribution in [0.5, 0.6) is 0 Å². The quantitative estimate of drug-likeness (QED) is 0.843. The Kier molecular flexibility index (Phi) is 4.94. The van der Waals surface area contributed by atoms with E-state index in [0.29, 0.717) is 11.6 Å². The summed E-state index contributed by atoms with van der Waals surface area (Å²) in [5, 5.41) is 3.88. The molecule has 0 amide bonds. The highest BCUT2D eigenvalue weighted by molar-refractivity contribution is 5.21. The van der Waals surface area contributed by atoms with Gasteiger partial charge >= 0.3 is 0 Å². The van der Waals surface area contributed by atoms with Crippen LogP contribution in [0.4, 0.5) is 0 Å². The Hall–Kier alpha value is -0.900. The predicted molar refractivity (Wildman–Crippen MR) is 86.5 cm³/mol. The van der Waals surface area contributed by atoms with E-state index in [4.69, 9.17) is 4.74 Å². The molecule has 1 spiro atoms. The SMILES string of the molecule is CCOCCN1CC2(CCCC2)NCC1c1ccccc1. The van der Waals surface area contributed by atoms with Gasteiger partial charge < -0.3 is 10.1 Å². The topological polar surface area (TPSA) is 24.5 Å². The van der Waals surface area contributed by atoms with Crippen LogP contribution in [0, 0.1) is 0 Å². The van der Waals surface area contributed by atoms with E-state index in [1.807, 2.05) is 0 Å². The van der Waals surface area contributed by atoms with Gasteiger partial charge in [-0.05, 0) is 25.3 Å². The molecule has 1 aliphatic heterocycles. The van der Waals surface area contributed by atoms with Crippen molar-refractivity contribution >= 4 is 0 Å². The van der Waals surface area contributed by atoms with Crippen molar-refractivity contribution in [3.05, 3.63) is 35.9 Å². The molecule has 3 heteroatoms. The smallest absolute Gasteiger partial charge is 0.0593 e. The third-order valence-electron chi connectivity index (χ3n) is 5.09. The number of hydrogen-bond donors (Lipinski definition) is 1. The highest BCUT2D eigenvalue weighted by Crippen LogP contribution is 2.36. The van der Waals surface area contributed by atoms with Gasteiger partial charge in [0.2, 0.25) is 0 Å². The number of benzene rings is 1. The first-order valence-corrected chi connectivity index (χ1v) is 8.45. The number of nitrogens with zero attached hydrogens (tertiary/aromatic N) is 1. The highest BCUT2D eigenvalue weighted by Gasteiger charge is 2.41. The van der Waals surface area contributed by atoms with Crippen LogP contribution in [0.3, 0.4) is 0 Å². The molecular formula is C18H28N2O. The first-order chi connectivity index (χ1) is 10.3. The summed E-state index contributed by atoms with van der Waals surface area (Å²) in [5.74, 6) is 0. The average molecular weight is 288 g/mol. The van der Waals surface area contributed by atoms with Crippen LogP contribution >= 0.6 is 0 Å². The maximum atomic E-state index is 5.61. The summed E-state index contributed by atoms with van der Waals surface area (Å²) in [6, 6.07) is 11.4. The highest BCUT2D eigenvalue weighted by atomic mass is 16.5. The number of hydrogen-bond acceptors (Lipinski definition) is 3.